The first-order valence-electron chi connectivity index (χ1n) is 2.83. The molecule has 0 saturated carbocycles. The quantitative estimate of drug-likeness (QED) is 0.561. The molecule has 55 valence electrons. The van der Waals surface area contributed by atoms with E-state index in [0.717, 1.165) is 0 Å². The summed E-state index contributed by atoms with van der Waals surface area (Å²) in [4.78, 5) is 0. The predicted molar refractivity (Wildman–Crippen MR) is 35.8 cm³/mol. The van der Waals surface area contributed by atoms with Gasteiger partial charge in [-0.05, 0) is 14.0 Å². The van der Waals surface area contributed by atoms with Crippen molar-refractivity contribution < 1.29 is 9.47 Å². The van der Waals surface area contributed by atoms with E-state index in [1.165, 1.54) is 0 Å². The third-order valence-electron chi connectivity index (χ3n) is 1.37. The lowest BCUT2D eigenvalue weighted by Crippen LogP contribution is -2.45. The molecule has 0 unspecified atom stereocenters. The Hall–Kier alpha value is -0.120. The average Bonchev–Trinajstić information content (AvgIpc) is 1.95. The highest BCUT2D eigenvalue weighted by Crippen LogP contribution is 2.09. The van der Waals surface area contributed by atoms with Gasteiger partial charge in [0, 0.05) is 20.6 Å². The van der Waals surface area contributed by atoms with Gasteiger partial charge in [-0.2, -0.15) is 0 Å². The van der Waals surface area contributed by atoms with Crippen LogP contribution in [0.25, 0.3) is 0 Å². The van der Waals surface area contributed by atoms with Crippen LogP contribution in [0.3, 0.4) is 0 Å². The summed E-state index contributed by atoms with van der Waals surface area (Å²) in [6, 6.07) is 0. The molecule has 0 aromatic carbocycles. The van der Waals surface area contributed by atoms with E-state index in [1.54, 1.807) is 21.3 Å². The van der Waals surface area contributed by atoms with Gasteiger partial charge in [-0.15, -0.1) is 0 Å². The van der Waals surface area contributed by atoms with Crippen LogP contribution in [-0.4, -0.2) is 27.2 Å². The predicted octanol–water partition coefficient (Wildman–Crippen LogP) is 0.377. The van der Waals surface area contributed by atoms with Gasteiger partial charge in [-0.25, -0.2) is 0 Å². The van der Waals surface area contributed by atoms with Crippen molar-refractivity contribution in [3.63, 3.8) is 0 Å². The molecule has 0 aliphatic carbocycles. The van der Waals surface area contributed by atoms with Gasteiger partial charge in [0.05, 0.1) is 0 Å². The van der Waals surface area contributed by atoms with Crippen molar-refractivity contribution in [2.24, 2.45) is 0 Å². The molecule has 0 atom stereocenters. The van der Waals surface area contributed by atoms with E-state index in [4.69, 9.17) is 9.47 Å². The van der Waals surface area contributed by atoms with Gasteiger partial charge in [0.2, 0.25) is 5.91 Å². The first-order chi connectivity index (χ1) is 4.24. The molecule has 0 spiro atoms. The fourth-order valence-electron chi connectivity index (χ4n) is 0.617. The lowest BCUT2D eigenvalue weighted by molar-refractivity contribution is -0.222. The van der Waals surface area contributed by atoms with Gasteiger partial charge in [-0.1, -0.05) is 0 Å². The summed E-state index contributed by atoms with van der Waals surface area (Å²) in [7, 11) is 4.91. The van der Waals surface area contributed by atoms with E-state index < -0.39 is 5.91 Å². The summed E-state index contributed by atoms with van der Waals surface area (Å²) < 4.78 is 9.98. The van der Waals surface area contributed by atoms with E-state index >= 15 is 0 Å². The summed E-state index contributed by atoms with van der Waals surface area (Å²) in [5.41, 5.74) is 0. The molecule has 0 heterocycles. The Morgan fingerprint density at radius 3 is 1.89 bits per heavy atom. The number of nitrogens with one attached hydrogen (secondary N) is 1. The Morgan fingerprint density at radius 2 is 1.89 bits per heavy atom. The fraction of sp³-hybridized carbons (Fsp3) is 0.833. The van der Waals surface area contributed by atoms with Crippen LogP contribution in [0.1, 0.15) is 6.42 Å². The van der Waals surface area contributed by atoms with Crippen molar-refractivity contribution in [2.45, 2.75) is 12.3 Å². The number of hydrogen-bond acceptors (Lipinski definition) is 3. The van der Waals surface area contributed by atoms with E-state index in [-0.39, 0.29) is 0 Å². The number of rotatable bonds is 4. The van der Waals surface area contributed by atoms with Crippen molar-refractivity contribution in [2.75, 3.05) is 21.3 Å². The SMILES string of the molecule is [CH2]CC(NC)(OC)OC. The van der Waals surface area contributed by atoms with E-state index in [2.05, 4.69) is 12.2 Å². The number of hydrogen-bond donors (Lipinski definition) is 1. The van der Waals surface area contributed by atoms with Gasteiger partial charge >= 0.3 is 0 Å². The van der Waals surface area contributed by atoms with Gasteiger partial charge in [0.15, 0.2) is 0 Å². The third kappa shape index (κ3) is 1.93. The summed E-state index contributed by atoms with van der Waals surface area (Å²) in [5.74, 6) is -0.694. The molecule has 0 aromatic rings. The molecule has 0 amide bonds. The zero-order chi connectivity index (χ0) is 7.33. The molecule has 0 saturated heterocycles. The Bertz CT molecular complexity index is 53.9. The maximum absolute atomic E-state index is 4.99. The maximum Gasteiger partial charge on any atom is 0.226 e. The van der Waals surface area contributed by atoms with Crippen LogP contribution in [-0.2, 0) is 9.47 Å². The number of methoxy groups -OCH3 is 2. The maximum atomic E-state index is 4.99. The minimum absolute atomic E-state index is 0.538. The molecule has 0 aliphatic rings. The lowest BCUT2D eigenvalue weighted by atomic mass is 10.3. The van der Waals surface area contributed by atoms with E-state index in [0.29, 0.717) is 6.42 Å². The van der Waals surface area contributed by atoms with Crippen molar-refractivity contribution in [1.82, 2.24) is 5.32 Å². The zero-order valence-electron chi connectivity index (χ0n) is 6.23. The van der Waals surface area contributed by atoms with Gasteiger partial charge < -0.3 is 9.47 Å². The minimum atomic E-state index is -0.694. The Balaban J connectivity index is 3.82. The lowest BCUT2D eigenvalue weighted by Gasteiger charge is -2.28. The van der Waals surface area contributed by atoms with Crippen LogP contribution in [0.15, 0.2) is 0 Å². The summed E-state index contributed by atoms with van der Waals surface area (Å²) in [5, 5.41) is 2.86. The highest BCUT2D eigenvalue weighted by Gasteiger charge is 2.23. The first-order valence-corrected chi connectivity index (χ1v) is 2.83. The molecule has 0 bridgehead atoms. The molecule has 1 radical (unpaired) electrons. The molecule has 3 nitrogen and oxygen atoms in total. The van der Waals surface area contributed by atoms with Crippen molar-refractivity contribution in [1.29, 1.82) is 0 Å². The van der Waals surface area contributed by atoms with Gasteiger partial charge in [0.1, 0.15) is 0 Å². The van der Waals surface area contributed by atoms with Crippen molar-refractivity contribution in [3.8, 4) is 0 Å². The average molecular weight is 132 g/mol. The van der Waals surface area contributed by atoms with Gasteiger partial charge in [0.25, 0.3) is 0 Å². The molecule has 0 fully saturated rings. The van der Waals surface area contributed by atoms with Crippen LogP contribution in [0.5, 0.6) is 0 Å². The van der Waals surface area contributed by atoms with Crippen molar-refractivity contribution in [3.05, 3.63) is 6.92 Å². The summed E-state index contributed by atoms with van der Waals surface area (Å²) in [6.45, 7) is 3.66. The van der Waals surface area contributed by atoms with Crippen LogP contribution in [0.2, 0.25) is 0 Å². The Morgan fingerprint density at radius 1 is 1.44 bits per heavy atom. The van der Waals surface area contributed by atoms with E-state index in [1.807, 2.05) is 0 Å². The van der Waals surface area contributed by atoms with Crippen LogP contribution >= 0.6 is 0 Å². The second-order valence-electron chi connectivity index (χ2n) is 1.66. The second-order valence-corrected chi connectivity index (χ2v) is 1.66. The topological polar surface area (TPSA) is 30.5 Å². The second kappa shape index (κ2) is 3.82. The number of ether oxygens (including phenoxy) is 2. The van der Waals surface area contributed by atoms with Gasteiger partial charge in [-0.3, -0.25) is 5.32 Å². The smallest absolute Gasteiger partial charge is 0.226 e. The molecule has 3 heteroatoms. The van der Waals surface area contributed by atoms with Crippen LogP contribution in [0, 0.1) is 6.92 Å². The summed E-state index contributed by atoms with van der Waals surface area (Å²) >= 11 is 0. The third-order valence-corrected chi connectivity index (χ3v) is 1.37. The highest BCUT2D eigenvalue weighted by molar-refractivity contribution is 4.63. The summed E-state index contributed by atoms with van der Waals surface area (Å²) in [6.07, 6.45) is 0.538. The molecule has 1 N–H and O–H groups in total. The molecular formula is C6H14NO2. The van der Waals surface area contributed by atoms with Crippen LogP contribution in [0.4, 0.5) is 0 Å². The molecular weight excluding hydrogens is 118 g/mol. The van der Waals surface area contributed by atoms with Crippen molar-refractivity contribution >= 4 is 0 Å². The highest BCUT2D eigenvalue weighted by atomic mass is 16.7. The molecule has 0 rings (SSSR count). The van der Waals surface area contributed by atoms with Crippen LogP contribution < -0.4 is 5.32 Å². The normalized spacial score (nSPS) is 12.0. The first kappa shape index (κ1) is 8.88. The Kier molecular flexibility index (Phi) is 3.77. The standard InChI is InChI=1S/C6H14NO2/c1-5-6(7-2,8-3)9-4/h7H,1,5H2,2-4H3. The Labute approximate surface area is 56.3 Å². The molecule has 9 heavy (non-hydrogen) atoms. The molecule has 0 aromatic heterocycles. The molecule has 0 aliphatic heterocycles. The largest absolute Gasteiger partial charge is 0.341 e. The van der Waals surface area contributed by atoms with E-state index in [9.17, 15) is 0 Å². The monoisotopic (exact) mass is 132 g/mol. The fourth-order valence-corrected chi connectivity index (χ4v) is 0.617. The minimum Gasteiger partial charge on any atom is -0.341 e. The zero-order valence-corrected chi connectivity index (χ0v) is 6.23.